The summed E-state index contributed by atoms with van der Waals surface area (Å²) in [7, 11) is 0. The fraction of sp³-hybridized carbons (Fsp3) is 0.684. The molecule has 2 atom stereocenters. The second kappa shape index (κ2) is 8.41. The second-order valence-electron chi connectivity index (χ2n) is 7.95. The number of nitrogens with one attached hydrogen (secondary N) is 2. The number of halogens is 3. The van der Waals surface area contributed by atoms with E-state index in [4.69, 9.17) is 15.2 Å². The van der Waals surface area contributed by atoms with E-state index in [0.717, 1.165) is 25.7 Å². The Morgan fingerprint density at radius 2 is 2.10 bits per heavy atom. The van der Waals surface area contributed by atoms with Gasteiger partial charge in [-0.1, -0.05) is 0 Å². The summed E-state index contributed by atoms with van der Waals surface area (Å²) in [6, 6.07) is 0.125. The molecule has 0 aliphatic carbocycles. The molecule has 172 valence electrons. The van der Waals surface area contributed by atoms with Crippen LogP contribution in [0.15, 0.2) is 22.6 Å². The van der Waals surface area contributed by atoms with Gasteiger partial charge < -0.3 is 20.1 Å². The molecule has 0 saturated carbocycles. The van der Waals surface area contributed by atoms with Gasteiger partial charge in [0.2, 0.25) is 5.79 Å². The van der Waals surface area contributed by atoms with Gasteiger partial charge in [0.05, 0.1) is 30.5 Å². The molecule has 3 aliphatic heterocycles. The van der Waals surface area contributed by atoms with Gasteiger partial charge in [-0.3, -0.25) is 15.3 Å². The Balaban J connectivity index is 1.50. The maximum atomic E-state index is 13.3. The lowest BCUT2D eigenvalue weighted by molar-refractivity contribution is -0.0876. The third-order valence-corrected chi connectivity index (χ3v) is 5.69. The Morgan fingerprint density at radius 3 is 2.77 bits per heavy atom. The average Bonchev–Trinajstić information content (AvgIpc) is 3.43. The second-order valence-corrected chi connectivity index (χ2v) is 7.95. The molecule has 2 fully saturated rings. The predicted octanol–water partition coefficient (Wildman–Crippen LogP) is 0.938. The van der Waals surface area contributed by atoms with E-state index in [2.05, 4.69) is 25.6 Å². The average molecular weight is 443 g/mol. The van der Waals surface area contributed by atoms with E-state index in [1.807, 2.05) is 4.68 Å². The maximum Gasteiger partial charge on any atom is 0.421 e. The molecular formula is C19H28F3N7O2. The number of aliphatic imine (C=N–C) groups is 1. The summed E-state index contributed by atoms with van der Waals surface area (Å²) >= 11 is 0. The minimum absolute atomic E-state index is 0.125. The van der Waals surface area contributed by atoms with Crippen molar-refractivity contribution in [2.75, 3.05) is 39.4 Å². The first kappa shape index (κ1) is 22.1. The largest absolute Gasteiger partial charge is 0.421 e. The van der Waals surface area contributed by atoms with Crippen LogP contribution in [0, 0.1) is 6.92 Å². The Hall–Kier alpha value is -2.15. The van der Waals surface area contributed by atoms with Gasteiger partial charge in [-0.15, -0.1) is 0 Å². The number of likely N-dealkylation sites (tertiary alicyclic amines) is 1. The van der Waals surface area contributed by atoms with Crippen molar-refractivity contribution >= 4 is 6.21 Å². The first-order chi connectivity index (χ1) is 14.7. The van der Waals surface area contributed by atoms with Crippen LogP contribution in [-0.4, -0.2) is 72.8 Å². The first-order valence-corrected chi connectivity index (χ1v) is 10.4. The van der Waals surface area contributed by atoms with E-state index < -0.39 is 17.5 Å². The molecule has 0 radical (unpaired) electrons. The number of hydrogen-bond donors (Lipinski definition) is 3. The number of nitrogens with two attached hydrogens (primary N) is 1. The van der Waals surface area contributed by atoms with Crippen molar-refractivity contribution < 1.29 is 22.6 Å². The lowest BCUT2D eigenvalue weighted by Gasteiger charge is -2.33. The third-order valence-electron chi connectivity index (χ3n) is 5.69. The number of aryl methyl sites for hydroxylation is 1. The van der Waals surface area contributed by atoms with Crippen molar-refractivity contribution in [2.45, 2.75) is 44.6 Å². The number of ether oxygens (including phenoxy) is 2. The van der Waals surface area contributed by atoms with Crippen LogP contribution in [0.3, 0.4) is 0 Å². The minimum Gasteiger partial charge on any atom is -0.372 e. The molecule has 3 aliphatic rings. The maximum absolute atomic E-state index is 13.3. The highest BCUT2D eigenvalue weighted by molar-refractivity contribution is 5.82. The first-order valence-electron chi connectivity index (χ1n) is 10.4. The molecule has 0 aromatic carbocycles. The van der Waals surface area contributed by atoms with Gasteiger partial charge in [-0.25, -0.2) is 4.99 Å². The van der Waals surface area contributed by atoms with Crippen LogP contribution in [0.5, 0.6) is 0 Å². The monoisotopic (exact) mass is 443 g/mol. The van der Waals surface area contributed by atoms with Gasteiger partial charge in [0.15, 0.2) is 6.29 Å². The van der Waals surface area contributed by atoms with Crippen molar-refractivity contribution in [3.05, 3.63) is 28.8 Å². The van der Waals surface area contributed by atoms with Crippen LogP contribution in [-0.2, 0) is 15.3 Å². The topological polar surface area (TPSA) is 102 Å². The Bertz CT molecular complexity index is 863. The summed E-state index contributed by atoms with van der Waals surface area (Å²) in [6.45, 7) is 7.39. The fourth-order valence-corrected chi connectivity index (χ4v) is 4.15. The Kier molecular flexibility index (Phi) is 5.99. The number of allylic oxidation sites excluding steroid dienone is 1. The predicted molar refractivity (Wildman–Crippen MR) is 107 cm³/mol. The summed E-state index contributed by atoms with van der Waals surface area (Å²) in [5.41, 5.74) is 6.66. The van der Waals surface area contributed by atoms with Gasteiger partial charge in [-0.2, -0.15) is 18.3 Å². The van der Waals surface area contributed by atoms with Gasteiger partial charge in [0, 0.05) is 38.6 Å². The molecule has 2 unspecified atom stereocenters. The standard InChI is InChI=1S/C19H28F3N7O2/c1-3-24-17-14(18(20,21)22)8-25-19(23,26-17)15-10-29(27-12(15)2)13-4-5-28(9-13)11-16-30-6-7-31-16/h8,10,13,16,24,26H,3-7,9,11,23H2,1-2H3. The zero-order valence-electron chi connectivity index (χ0n) is 17.6. The number of nitrogens with zero attached hydrogens (tertiary/aromatic N) is 4. The van der Waals surface area contributed by atoms with E-state index in [1.165, 1.54) is 0 Å². The fourth-order valence-electron chi connectivity index (χ4n) is 4.15. The van der Waals surface area contributed by atoms with Crippen LogP contribution < -0.4 is 16.4 Å². The SMILES string of the molecule is CCNC1=C(C(F)(F)F)C=NC(N)(c2cn(C3CCN(CC4OCCO4)C3)nc2C)N1. The van der Waals surface area contributed by atoms with E-state index in [9.17, 15) is 13.2 Å². The van der Waals surface area contributed by atoms with Crippen molar-refractivity contribution in [3.63, 3.8) is 0 Å². The van der Waals surface area contributed by atoms with Crippen molar-refractivity contribution in [2.24, 2.45) is 10.7 Å². The molecule has 1 aromatic rings. The zero-order chi connectivity index (χ0) is 22.2. The van der Waals surface area contributed by atoms with Crippen LogP contribution in [0.25, 0.3) is 0 Å². The highest BCUT2D eigenvalue weighted by atomic mass is 19.4. The zero-order valence-corrected chi connectivity index (χ0v) is 17.6. The minimum atomic E-state index is -4.55. The van der Waals surface area contributed by atoms with Crippen molar-refractivity contribution in [1.29, 1.82) is 0 Å². The summed E-state index contributed by atoms with van der Waals surface area (Å²) in [6.07, 6.45) is -1.29. The Morgan fingerprint density at radius 1 is 1.35 bits per heavy atom. The third kappa shape index (κ3) is 4.56. The molecule has 0 bridgehead atoms. The molecule has 0 amide bonds. The molecular weight excluding hydrogens is 415 g/mol. The van der Waals surface area contributed by atoms with E-state index in [0.29, 0.717) is 37.6 Å². The number of aromatic nitrogens is 2. The van der Waals surface area contributed by atoms with Crippen LogP contribution in [0.1, 0.15) is 30.6 Å². The number of rotatable bonds is 6. The molecule has 0 spiro atoms. The highest BCUT2D eigenvalue weighted by Gasteiger charge is 2.42. The molecule has 4 heterocycles. The van der Waals surface area contributed by atoms with Crippen molar-refractivity contribution in [3.8, 4) is 0 Å². The van der Waals surface area contributed by atoms with Crippen LogP contribution in [0.2, 0.25) is 0 Å². The lowest BCUT2D eigenvalue weighted by Crippen LogP contribution is -2.54. The molecule has 2 saturated heterocycles. The molecule has 31 heavy (non-hydrogen) atoms. The summed E-state index contributed by atoms with van der Waals surface area (Å²) in [5, 5.41) is 10.0. The molecule has 1 aromatic heterocycles. The highest BCUT2D eigenvalue weighted by Crippen LogP contribution is 2.32. The molecule has 4 rings (SSSR count). The summed E-state index contributed by atoms with van der Waals surface area (Å²) in [5.74, 6) is -1.73. The summed E-state index contributed by atoms with van der Waals surface area (Å²) < 4.78 is 52.9. The molecule has 12 heteroatoms. The van der Waals surface area contributed by atoms with Crippen LogP contribution in [0.4, 0.5) is 13.2 Å². The lowest BCUT2D eigenvalue weighted by atomic mass is 10.1. The Labute approximate surface area is 178 Å². The quantitative estimate of drug-likeness (QED) is 0.601. The van der Waals surface area contributed by atoms with E-state index >= 15 is 0 Å². The normalized spacial score (nSPS) is 27.9. The van der Waals surface area contributed by atoms with Gasteiger partial charge in [-0.05, 0) is 20.3 Å². The summed E-state index contributed by atoms with van der Waals surface area (Å²) in [4.78, 5) is 6.28. The number of hydrogen-bond acceptors (Lipinski definition) is 8. The van der Waals surface area contributed by atoms with Crippen LogP contribution >= 0.6 is 0 Å². The van der Waals surface area contributed by atoms with Crippen molar-refractivity contribution in [1.82, 2.24) is 25.3 Å². The van der Waals surface area contributed by atoms with E-state index in [1.54, 1.807) is 20.0 Å². The molecule has 4 N–H and O–H groups in total. The van der Waals surface area contributed by atoms with Gasteiger partial charge in [0.1, 0.15) is 11.4 Å². The van der Waals surface area contributed by atoms with Gasteiger partial charge in [0.25, 0.3) is 0 Å². The van der Waals surface area contributed by atoms with E-state index in [-0.39, 0.29) is 18.2 Å². The smallest absolute Gasteiger partial charge is 0.372 e. The van der Waals surface area contributed by atoms with Gasteiger partial charge >= 0.3 is 6.18 Å². The molecule has 9 nitrogen and oxygen atoms in total. The number of alkyl halides is 3.